The molecule has 0 fully saturated rings. The van der Waals surface area contributed by atoms with Crippen molar-refractivity contribution in [2.24, 2.45) is 0 Å². The van der Waals surface area contributed by atoms with Crippen molar-refractivity contribution < 1.29 is 14.4 Å². The third kappa shape index (κ3) is 3.13. The van der Waals surface area contributed by atoms with Crippen LogP contribution in [-0.2, 0) is 5.75 Å². The quantitative estimate of drug-likeness (QED) is 0.662. The van der Waals surface area contributed by atoms with Crippen LogP contribution >= 0.6 is 11.8 Å². The van der Waals surface area contributed by atoms with Gasteiger partial charge in [-0.25, -0.2) is 14.8 Å². The number of aryl methyl sites for hydroxylation is 1. The topological polar surface area (TPSA) is 102 Å². The van der Waals surface area contributed by atoms with Crippen LogP contribution in [0.15, 0.2) is 15.9 Å². The van der Waals surface area contributed by atoms with Crippen molar-refractivity contribution in [1.82, 2.24) is 20.1 Å². The molecule has 0 unspecified atom stereocenters. The number of carboxylic acid groups (broad SMARTS) is 1. The molecule has 0 amide bonds. The fraction of sp³-hybridized carbons (Fsp3) is 0.417. The maximum absolute atomic E-state index is 11.3. The van der Waals surface area contributed by atoms with Gasteiger partial charge in [-0.2, -0.15) is 4.98 Å². The van der Waals surface area contributed by atoms with E-state index in [1.54, 1.807) is 6.92 Å². The van der Waals surface area contributed by atoms with Crippen molar-refractivity contribution in [2.45, 2.75) is 37.5 Å². The van der Waals surface area contributed by atoms with E-state index in [2.05, 4.69) is 20.1 Å². The molecule has 2 rings (SSSR count). The van der Waals surface area contributed by atoms with Crippen molar-refractivity contribution in [2.75, 3.05) is 0 Å². The van der Waals surface area contributed by atoms with Gasteiger partial charge in [0, 0.05) is 5.92 Å². The maximum Gasteiger partial charge on any atom is 0.340 e. The number of aromatic carboxylic acids is 1. The van der Waals surface area contributed by atoms with E-state index in [9.17, 15) is 9.90 Å². The number of aromatic nitrogens is 4. The Hall–Kier alpha value is -1.96. The zero-order chi connectivity index (χ0) is 14.7. The minimum Gasteiger partial charge on any atom is -0.478 e. The first kappa shape index (κ1) is 14.4. The molecule has 0 aliphatic heterocycles. The highest BCUT2D eigenvalue weighted by molar-refractivity contribution is 7.98. The second kappa shape index (κ2) is 6.00. The Kier molecular flexibility index (Phi) is 4.33. The number of nitrogens with zero attached hydrogens (tertiary/aromatic N) is 4. The average molecular weight is 294 g/mol. The normalized spacial score (nSPS) is 11.0. The van der Waals surface area contributed by atoms with Crippen LogP contribution in [0.2, 0.25) is 0 Å². The van der Waals surface area contributed by atoms with Gasteiger partial charge >= 0.3 is 5.97 Å². The standard InChI is InChI=1S/C12H14N4O3S/c1-6(2)10-15-7(3)9(12(17)18)11(16-10)20-4-8-13-5-14-19-8/h5-6H,4H2,1-3H3,(H,17,18). The van der Waals surface area contributed by atoms with E-state index < -0.39 is 5.97 Å². The van der Waals surface area contributed by atoms with Crippen molar-refractivity contribution in [3.8, 4) is 0 Å². The minimum atomic E-state index is -1.04. The van der Waals surface area contributed by atoms with Gasteiger partial charge in [-0.15, -0.1) is 0 Å². The SMILES string of the molecule is Cc1nc(C(C)C)nc(SCc2ncno2)c1C(=O)O. The average Bonchev–Trinajstić information content (AvgIpc) is 2.88. The van der Waals surface area contributed by atoms with Crippen molar-refractivity contribution in [3.05, 3.63) is 29.3 Å². The van der Waals surface area contributed by atoms with Gasteiger partial charge in [-0.3, -0.25) is 0 Å². The summed E-state index contributed by atoms with van der Waals surface area (Å²) in [5.74, 6) is 0.508. The lowest BCUT2D eigenvalue weighted by molar-refractivity contribution is 0.0690. The first-order chi connectivity index (χ1) is 9.49. The van der Waals surface area contributed by atoms with Crippen LogP contribution in [0.4, 0.5) is 0 Å². The van der Waals surface area contributed by atoms with Crippen LogP contribution in [0.25, 0.3) is 0 Å². The fourth-order valence-electron chi connectivity index (χ4n) is 1.57. The molecule has 0 radical (unpaired) electrons. The molecule has 106 valence electrons. The highest BCUT2D eigenvalue weighted by atomic mass is 32.2. The molecule has 0 aliphatic rings. The van der Waals surface area contributed by atoms with Gasteiger partial charge in [0.25, 0.3) is 0 Å². The Morgan fingerprint density at radius 1 is 1.45 bits per heavy atom. The first-order valence-electron chi connectivity index (χ1n) is 5.99. The highest BCUT2D eigenvalue weighted by Crippen LogP contribution is 2.27. The molecular formula is C12H14N4O3S. The lowest BCUT2D eigenvalue weighted by Gasteiger charge is -2.11. The minimum absolute atomic E-state index is 0.124. The monoisotopic (exact) mass is 294 g/mol. The van der Waals surface area contributed by atoms with Crippen molar-refractivity contribution >= 4 is 17.7 Å². The summed E-state index contributed by atoms with van der Waals surface area (Å²) in [5, 5.41) is 13.2. The van der Waals surface area contributed by atoms with E-state index in [1.165, 1.54) is 18.1 Å². The zero-order valence-corrected chi connectivity index (χ0v) is 12.1. The smallest absolute Gasteiger partial charge is 0.340 e. The van der Waals surface area contributed by atoms with Crippen LogP contribution in [0.5, 0.6) is 0 Å². The molecule has 0 saturated heterocycles. The van der Waals surface area contributed by atoms with E-state index >= 15 is 0 Å². The maximum atomic E-state index is 11.3. The lowest BCUT2D eigenvalue weighted by Crippen LogP contribution is -2.10. The largest absolute Gasteiger partial charge is 0.478 e. The summed E-state index contributed by atoms with van der Waals surface area (Å²) in [4.78, 5) is 23.8. The summed E-state index contributed by atoms with van der Waals surface area (Å²) < 4.78 is 4.89. The van der Waals surface area contributed by atoms with E-state index in [1.807, 2.05) is 13.8 Å². The van der Waals surface area contributed by atoms with Crippen LogP contribution in [0.3, 0.4) is 0 Å². The molecule has 0 spiro atoms. The number of carboxylic acids is 1. The Labute approximate surface area is 119 Å². The number of rotatable bonds is 5. The van der Waals surface area contributed by atoms with Crippen LogP contribution in [0, 0.1) is 6.92 Å². The number of carbonyl (C=O) groups is 1. The number of hydrogen-bond donors (Lipinski definition) is 1. The van der Waals surface area contributed by atoms with Gasteiger partial charge in [-0.05, 0) is 6.92 Å². The Morgan fingerprint density at radius 3 is 2.75 bits per heavy atom. The van der Waals surface area contributed by atoms with Crippen LogP contribution < -0.4 is 0 Å². The predicted molar refractivity (Wildman–Crippen MR) is 71.7 cm³/mol. The fourth-order valence-corrected chi connectivity index (χ4v) is 2.49. The Morgan fingerprint density at radius 2 is 2.20 bits per heavy atom. The van der Waals surface area contributed by atoms with Gasteiger partial charge in [0.2, 0.25) is 5.89 Å². The Balaban J connectivity index is 2.34. The summed E-state index contributed by atoms with van der Waals surface area (Å²) in [6, 6.07) is 0. The van der Waals surface area contributed by atoms with Gasteiger partial charge in [0.05, 0.1) is 11.4 Å². The van der Waals surface area contributed by atoms with Gasteiger partial charge in [-0.1, -0.05) is 30.8 Å². The zero-order valence-electron chi connectivity index (χ0n) is 11.3. The summed E-state index contributed by atoms with van der Waals surface area (Å²) in [5.41, 5.74) is 0.586. The molecule has 0 aromatic carbocycles. The van der Waals surface area contributed by atoms with Gasteiger partial charge in [0.1, 0.15) is 16.4 Å². The third-order valence-corrected chi connectivity index (χ3v) is 3.50. The van der Waals surface area contributed by atoms with E-state index in [0.717, 1.165) is 0 Å². The van der Waals surface area contributed by atoms with E-state index in [4.69, 9.17) is 4.52 Å². The molecule has 2 heterocycles. The number of thioether (sulfide) groups is 1. The molecular weight excluding hydrogens is 280 g/mol. The van der Waals surface area contributed by atoms with Crippen LogP contribution in [-0.4, -0.2) is 31.2 Å². The van der Waals surface area contributed by atoms with Crippen LogP contribution in [0.1, 0.15) is 47.5 Å². The predicted octanol–water partition coefficient (Wildman–Crippen LogP) is 2.28. The van der Waals surface area contributed by atoms with Crippen molar-refractivity contribution in [1.29, 1.82) is 0 Å². The first-order valence-corrected chi connectivity index (χ1v) is 6.97. The highest BCUT2D eigenvalue weighted by Gasteiger charge is 2.20. The van der Waals surface area contributed by atoms with Gasteiger partial charge in [0.15, 0.2) is 6.33 Å². The molecule has 7 nitrogen and oxygen atoms in total. The molecule has 0 bridgehead atoms. The summed E-state index contributed by atoms with van der Waals surface area (Å²) in [6.07, 6.45) is 1.30. The summed E-state index contributed by atoms with van der Waals surface area (Å²) in [7, 11) is 0. The lowest BCUT2D eigenvalue weighted by atomic mass is 10.2. The molecule has 0 saturated carbocycles. The molecule has 2 aromatic rings. The van der Waals surface area contributed by atoms with E-state index in [0.29, 0.717) is 28.2 Å². The molecule has 1 N–H and O–H groups in total. The summed E-state index contributed by atoms with van der Waals surface area (Å²) in [6.45, 7) is 5.59. The molecule has 20 heavy (non-hydrogen) atoms. The number of hydrogen-bond acceptors (Lipinski definition) is 7. The van der Waals surface area contributed by atoms with Crippen molar-refractivity contribution in [3.63, 3.8) is 0 Å². The second-order valence-electron chi connectivity index (χ2n) is 4.43. The summed E-state index contributed by atoms with van der Waals surface area (Å²) >= 11 is 1.25. The molecule has 0 atom stereocenters. The van der Waals surface area contributed by atoms with Gasteiger partial charge < -0.3 is 9.63 Å². The molecule has 2 aromatic heterocycles. The third-order valence-electron chi connectivity index (χ3n) is 2.54. The Bertz CT molecular complexity index is 613. The molecule has 8 heteroatoms. The molecule has 0 aliphatic carbocycles. The van der Waals surface area contributed by atoms with E-state index in [-0.39, 0.29) is 11.5 Å². The second-order valence-corrected chi connectivity index (χ2v) is 5.39.